The molecule has 17 heavy (non-hydrogen) atoms. The molecule has 1 aliphatic carbocycles. The molecule has 0 amide bonds. The highest BCUT2D eigenvalue weighted by Crippen LogP contribution is 2.68. The maximum Gasteiger partial charge on any atom is 0.222 e. The summed E-state index contributed by atoms with van der Waals surface area (Å²) in [5, 5.41) is 10.2. The lowest BCUT2D eigenvalue weighted by Crippen LogP contribution is -2.15. The van der Waals surface area contributed by atoms with Crippen LogP contribution in [0.4, 0.5) is 0 Å². The highest BCUT2D eigenvalue weighted by molar-refractivity contribution is 8.76. The summed E-state index contributed by atoms with van der Waals surface area (Å²) in [4.78, 5) is 19.5. The summed E-state index contributed by atoms with van der Waals surface area (Å²) in [6, 6.07) is 7.73. The van der Waals surface area contributed by atoms with E-state index in [0.717, 1.165) is 11.1 Å². The standard InChI is InChI=1S/C11H17O3PS2/c1-2-17(15(13,14)16)10-7-8-5-3-4-6-9(8)11(10)12/h3-6,10-12,17H,2,7H2,1H3,(H2,13,14,16). The predicted molar refractivity (Wildman–Crippen MR) is 77.1 cm³/mol. The Balaban J connectivity index is 2.30. The number of thiol groups is 1. The van der Waals surface area contributed by atoms with Crippen molar-refractivity contribution in [2.75, 3.05) is 5.75 Å². The molecule has 1 aliphatic rings. The van der Waals surface area contributed by atoms with Crippen LogP contribution in [-0.4, -0.2) is 25.9 Å². The van der Waals surface area contributed by atoms with E-state index in [1.54, 1.807) is 0 Å². The number of hydrogen-bond donors (Lipinski definition) is 4. The average molecular weight is 292 g/mol. The number of rotatable bonds is 3. The van der Waals surface area contributed by atoms with Gasteiger partial charge < -0.3 is 14.9 Å². The van der Waals surface area contributed by atoms with Crippen molar-refractivity contribution < 1.29 is 14.9 Å². The third kappa shape index (κ3) is 2.60. The van der Waals surface area contributed by atoms with Crippen molar-refractivity contribution in [3.63, 3.8) is 0 Å². The van der Waals surface area contributed by atoms with Crippen molar-refractivity contribution in [1.29, 1.82) is 0 Å². The van der Waals surface area contributed by atoms with Crippen LogP contribution in [0.15, 0.2) is 24.3 Å². The summed E-state index contributed by atoms with van der Waals surface area (Å²) in [6.07, 6.45) is 0.107. The Labute approximate surface area is 109 Å². The summed E-state index contributed by atoms with van der Waals surface area (Å²) in [5.41, 5.74) is -1.23. The molecule has 96 valence electrons. The second-order valence-electron chi connectivity index (χ2n) is 4.18. The zero-order chi connectivity index (χ0) is 12.6. The van der Waals surface area contributed by atoms with Crippen LogP contribution in [0, 0.1) is 0 Å². The van der Waals surface area contributed by atoms with E-state index in [9.17, 15) is 14.9 Å². The Hall–Kier alpha value is 0.1000. The van der Waals surface area contributed by atoms with Crippen LogP contribution >= 0.6 is 16.2 Å². The molecule has 0 saturated carbocycles. The van der Waals surface area contributed by atoms with Crippen molar-refractivity contribution in [3.05, 3.63) is 35.4 Å². The van der Waals surface area contributed by atoms with Gasteiger partial charge in [-0.05, 0) is 35.1 Å². The van der Waals surface area contributed by atoms with Gasteiger partial charge in [0.05, 0.1) is 6.10 Å². The van der Waals surface area contributed by atoms with Gasteiger partial charge in [0.25, 0.3) is 0 Å². The van der Waals surface area contributed by atoms with Gasteiger partial charge in [0.2, 0.25) is 5.69 Å². The molecule has 0 radical (unpaired) electrons. The van der Waals surface area contributed by atoms with Crippen molar-refractivity contribution in [2.24, 2.45) is 0 Å². The van der Waals surface area contributed by atoms with Crippen LogP contribution in [0.25, 0.3) is 0 Å². The molecular formula is C11H17O3PS2. The second-order valence-corrected chi connectivity index (χ2v) is 12.9. The third-order valence-electron chi connectivity index (χ3n) is 3.21. The molecule has 0 saturated heterocycles. The molecular weight excluding hydrogens is 275 g/mol. The van der Waals surface area contributed by atoms with Gasteiger partial charge in [0.1, 0.15) is 0 Å². The first kappa shape index (κ1) is 13.5. The van der Waals surface area contributed by atoms with Crippen LogP contribution in [0.1, 0.15) is 24.2 Å². The van der Waals surface area contributed by atoms with Crippen LogP contribution in [0.5, 0.6) is 0 Å². The van der Waals surface area contributed by atoms with E-state index in [1.165, 1.54) is 0 Å². The molecule has 3 unspecified atom stereocenters. The quantitative estimate of drug-likeness (QED) is 0.507. The monoisotopic (exact) mass is 292 g/mol. The second kappa shape index (κ2) is 5.00. The molecule has 0 fully saturated rings. The first-order valence-electron chi connectivity index (χ1n) is 5.53. The Kier molecular flexibility index (Phi) is 3.98. The molecule has 1 aromatic carbocycles. The number of fused-ring (bicyclic) bond motifs is 1. The fraction of sp³-hybridized carbons (Fsp3) is 0.455. The third-order valence-corrected chi connectivity index (χ3v) is 11.4. The van der Waals surface area contributed by atoms with Gasteiger partial charge in [-0.2, -0.15) is 10.5 Å². The minimum Gasteiger partial charge on any atom is -0.387 e. The van der Waals surface area contributed by atoms with Gasteiger partial charge >= 0.3 is 0 Å². The molecule has 2 rings (SSSR count). The molecule has 0 bridgehead atoms. The van der Waals surface area contributed by atoms with Crippen molar-refractivity contribution in [2.45, 2.75) is 24.7 Å². The summed E-state index contributed by atoms with van der Waals surface area (Å²) < 4.78 is 0. The number of benzene rings is 1. The lowest BCUT2D eigenvalue weighted by atomic mass is 10.1. The highest BCUT2D eigenvalue weighted by atomic mass is 32.9. The zero-order valence-corrected chi connectivity index (χ0v) is 12.1. The van der Waals surface area contributed by atoms with Crippen molar-refractivity contribution in [1.82, 2.24) is 0 Å². The van der Waals surface area contributed by atoms with E-state index in [0.29, 0.717) is 12.2 Å². The lowest BCUT2D eigenvalue weighted by molar-refractivity contribution is 0.185. The van der Waals surface area contributed by atoms with Gasteiger partial charge in [-0.25, -0.2) is 0 Å². The Morgan fingerprint density at radius 3 is 2.59 bits per heavy atom. The van der Waals surface area contributed by atoms with Gasteiger partial charge in [0, 0.05) is 5.25 Å². The first-order valence-corrected chi connectivity index (χ1v) is 10.5. The summed E-state index contributed by atoms with van der Waals surface area (Å²) >= 11 is 4.85. The summed E-state index contributed by atoms with van der Waals surface area (Å²) in [6.45, 7) is 1.91. The molecule has 3 atom stereocenters. The van der Waals surface area contributed by atoms with E-state index < -0.39 is 22.3 Å². The Bertz CT molecular complexity index is 460. The number of hydrogen-bond acceptors (Lipinski definition) is 2. The topological polar surface area (TPSA) is 60.7 Å². The molecule has 6 heteroatoms. The van der Waals surface area contributed by atoms with Gasteiger partial charge in [0.15, 0.2) is 0 Å². The van der Waals surface area contributed by atoms with Crippen LogP contribution in [0.2, 0.25) is 0 Å². The molecule has 3 nitrogen and oxygen atoms in total. The maximum atomic E-state index is 10.3. The van der Waals surface area contributed by atoms with E-state index in [-0.39, 0.29) is 5.25 Å². The first-order chi connectivity index (χ1) is 7.95. The molecule has 1 aromatic rings. The van der Waals surface area contributed by atoms with Crippen molar-refractivity contribution >= 4 is 28.0 Å². The van der Waals surface area contributed by atoms with Crippen LogP contribution in [0.3, 0.4) is 0 Å². The van der Waals surface area contributed by atoms with E-state index in [4.69, 9.17) is 11.8 Å². The highest BCUT2D eigenvalue weighted by Gasteiger charge is 2.38. The number of aliphatic hydroxyl groups is 1. The molecule has 0 heterocycles. The van der Waals surface area contributed by atoms with Crippen LogP contribution < -0.4 is 0 Å². The Morgan fingerprint density at radius 2 is 2.06 bits per heavy atom. The molecule has 0 aliphatic heterocycles. The molecule has 3 N–H and O–H groups in total. The van der Waals surface area contributed by atoms with E-state index in [1.807, 2.05) is 31.2 Å². The van der Waals surface area contributed by atoms with Gasteiger partial charge in [-0.15, -0.1) is 0 Å². The average Bonchev–Trinajstić information content (AvgIpc) is 2.56. The minimum absolute atomic E-state index is 0.103. The van der Waals surface area contributed by atoms with Crippen LogP contribution in [-0.2, 0) is 18.2 Å². The SMILES string of the molecule is CC[SH](C1Cc2ccccc2C1O)P(O)(O)=S. The predicted octanol–water partition coefficient (Wildman–Crippen LogP) is 1.87. The van der Waals surface area contributed by atoms with E-state index in [2.05, 4.69) is 0 Å². The zero-order valence-electron chi connectivity index (χ0n) is 9.52. The van der Waals surface area contributed by atoms with Gasteiger partial charge in [-0.1, -0.05) is 31.2 Å². The summed E-state index contributed by atoms with van der Waals surface area (Å²) in [7, 11) is -1.10. The lowest BCUT2D eigenvalue weighted by Gasteiger charge is -2.32. The normalized spacial score (nSPS) is 26.7. The molecule has 0 aromatic heterocycles. The Morgan fingerprint density at radius 1 is 1.41 bits per heavy atom. The number of aliphatic hydroxyl groups excluding tert-OH is 1. The largest absolute Gasteiger partial charge is 0.387 e. The molecule has 0 spiro atoms. The smallest absolute Gasteiger partial charge is 0.222 e. The van der Waals surface area contributed by atoms with Gasteiger partial charge in [-0.3, -0.25) is 0 Å². The fourth-order valence-electron chi connectivity index (χ4n) is 2.43. The fourth-order valence-corrected chi connectivity index (χ4v) is 9.57. The van der Waals surface area contributed by atoms with Crippen molar-refractivity contribution in [3.8, 4) is 0 Å². The van der Waals surface area contributed by atoms with E-state index >= 15 is 0 Å². The summed E-state index contributed by atoms with van der Waals surface area (Å²) in [5.74, 6) is 0.648. The maximum absolute atomic E-state index is 10.3. The minimum atomic E-state index is -3.25.